The van der Waals surface area contributed by atoms with E-state index < -0.39 is 0 Å². The molecule has 2 nitrogen and oxygen atoms in total. The molecule has 1 heterocycles. The van der Waals surface area contributed by atoms with E-state index in [-0.39, 0.29) is 12.4 Å². The lowest BCUT2D eigenvalue weighted by Crippen LogP contribution is -2.36. The van der Waals surface area contributed by atoms with Gasteiger partial charge in [-0.15, -0.1) is 12.4 Å². The van der Waals surface area contributed by atoms with E-state index >= 15 is 0 Å². The maximum Gasteiger partial charge on any atom is 0.0594 e. The Balaban J connectivity index is 0.00000147. The number of aryl methyl sites for hydroxylation is 1. The van der Waals surface area contributed by atoms with Gasteiger partial charge in [-0.1, -0.05) is 42.5 Å². The van der Waals surface area contributed by atoms with Crippen LogP contribution in [-0.2, 0) is 11.2 Å². The summed E-state index contributed by atoms with van der Waals surface area (Å²) in [4.78, 5) is 2.51. The lowest BCUT2D eigenvalue weighted by molar-refractivity contribution is 0.0375. The first-order valence-corrected chi connectivity index (χ1v) is 7.20. The largest absolute Gasteiger partial charge is 0.379 e. The van der Waals surface area contributed by atoms with Crippen LogP contribution in [0.2, 0.25) is 0 Å². The average Bonchev–Trinajstić information content (AvgIpc) is 2.49. The van der Waals surface area contributed by atoms with Gasteiger partial charge in [0.2, 0.25) is 0 Å². The first-order valence-electron chi connectivity index (χ1n) is 7.20. The van der Waals surface area contributed by atoms with E-state index in [9.17, 15) is 0 Å². The first kappa shape index (κ1) is 15.3. The predicted octanol–water partition coefficient (Wildman–Crippen LogP) is 3.53. The van der Waals surface area contributed by atoms with Gasteiger partial charge in [-0.25, -0.2) is 0 Å². The van der Waals surface area contributed by atoms with Gasteiger partial charge in [-0.3, -0.25) is 4.90 Å². The third-order valence-electron chi connectivity index (χ3n) is 3.90. The molecule has 1 saturated heterocycles. The number of hydrogen-bond acceptors (Lipinski definition) is 2. The molecule has 20 heavy (non-hydrogen) atoms. The van der Waals surface area contributed by atoms with Crippen molar-refractivity contribution in [3.8, 4) is 0 Å². The van der Waals surface area contributed by atoms with Crippen LogP contribution in [0.3, 0.4) is 0 Å². The molecule has 1 aliphatic heterocycles. The zero-order chi connectivity index (χ0) is 12.9. The maximum atomic E-state index is 5.38. The Labute approximate surface area is 127 Å². The van der Waals surface area contributed by atoms with Crippen LogP contribution in [0.5, 0.6) is 0 Å². The zero-order valence-corrected chi connectivity index (χ0v) is 12.6. The highest BCUT2D eigenvalue weighted by Gasteiger charge is 2.09. The van der Waals surface area contributed by atoms with Crippen molar-refractivity contribution in [2.75, 3.05) is 32.8 Å². The summed E-state index contributed by atoms with van der Waals surface area (Å²) >= 11 is 0. The molecule has 0 unspecified atom stereocenters. The Morgan fingerprint density at radius 2 is 1.70 bits per heavy atom. The monoisotopic (exact) mass is 291 g/mol. The third-order valence-corrected chi connectivity index (χ3v) is 3.90. The fourth-order valence-electron chi connectivity index (χ4n) is 2.83. The van der Waals surface area contributed by atoms with Gasteiger partial charge in [-0.05, 0) is 35.7 Å². The van der Waals surface area contributed by atoms with Crippen molar-refractivity contribution in [2.24, 2.45) is 0 Å². The molecule has 1 aliphatic rings. The normalized spacial score (nSPS) is 16.0. The molecule has 2 aromatic rings. The number of hydrogen-bond donors (Lipinski definition) is 0. The van der Waals surface area contributed by atoms with Gasteiger partial charge in [0.05, 0.1) is 13.2 Å². The fourth-order valence-corrected chi connectivity index (χ4v) is 2.83. The van der Waals surface area contributed by atoms with Crippen LogP contribution in [0.1, 0.15) is 12.0 Å². The quantitative estimate of drug-likeness (QED) is 0.854. The summed E-state index contributed by atoms with van der Waals surface area (Å²) in [5.74, 6) is 0. The molecule has 0 radical (unpaired) electrons. The predicted molar refractivity (Wildman–Crippen MR) is 86.8 cm³/mol. The number of nitrogens with zero attached hydrogens (tertiary/aromatic N) is 1. The van der Waals surface area contributed by atoms with E-state index in [1.54, 1.807) is 0 Å². The van der Waals surface area contributed by atoms with Gasteiger partial charge in [-0.2, -0.15) is 0 Å². The van der Waals surface area contributed by atoms with Crippen LogP contribution in [-0.4, -0.2) is 37.7 Å². The van der Waals surface area contributed by atoms with Crippen molar-refractivity contribution in [3.05, 3.63) is 48.0 Å². The molecule has 3 rings (SSSR count). The summed E-state index contributed by atoms with van der Waals surface area (Å²) in [5, 5.41) is 2.76. The molecule has 3 heteroatoms. The molecule has 0 amide bonds. The molecule has 0 N–H and O–H groups in total. The van der Waals surface area contributed by atoms with Gasteiger partial charge in [0, 0.05) is 13.1 Å². The Kier molecular flexibility index (Phi) is 5.84. The second-order valence-electron chi connectivity index (χ2n) is 5.20. The summed E-state index contributed by atoms with van der Waals surface area (Å²) < 4.78 is 5.38. The van der Waals surface area contributed by atoms with Gasteiger partial charge < -0.3 is 4.74 Å². The molecule has 0 atom stereocenters. The van der Waals surface area contributed by atoms with E-state index in [0.717, 1.165) is 26.3 Å². The summed E-state index contributed by atoms with van der Waals surface area (Å²) in [6, 6.07) is 15.3. The molecule has 108 valence electrons. The molecular formula is C17H22ClNO. The van der Waals surface area contributed by atoms with Crippen LogP contribution >= 0.6 is 12.4 Å². The van der Waals surface area contributed by atoms with Gasteiger partial charge >= 0.3 is 0 Å². The van der Waals surface area contributed by atoms with Crippen molar-refractivity contribution < 1.29 is 4.74 Å². The zero-order valence-electron chi connectivity index (χ0n) is 11.8. The highest BCUT2D eigenvalue weighted by Crippen LogP contribution is 2.19. The van der Waals surface area contributed by atoms with Gasteiger partial charge in [0.25, 0.3) is 0 Å². The smallest absolute Gasteiger partial charge is 0.0594 e. The molecule has 1 fully saturated rings. The molecule has 2 aromatic carbocycles. The number of benzene rings is 2. The number of morpholine rings is 1. The third kappa shape index (κ3) is 3.72. The second kappa shape index (κ2) is 7.63. The number of fused-ring (bicyclic) bond motifs is 1. The highest BCUT2D eigenvalue weighted by atomic mass is 35.5. The fraction of sp³-hybridized carbons (Fsp3) is 0.412. The topological polar surface area (TPSA) is 12.5 Å². The van der Waals surface area contributed by atoms with Crippen LogP contribution in [0.4, 0.5) is 0 Å². The minimum absolute atomic E-state index is 0. The van der Waals surface area contributed by atoms with Crippen molar-refractivity contribution in [2.45, 2.75) is 12.8 Å². The average molecular weight is 292 g/mol. The minimum Gasteiger partial charge on any atom is -0.379 e. The Bertz CT molecular complexity index is 532. The molecule has 0 spiro atoms. The Morgan fingerprint density at radius 3 is 2.55 bits per heavy atom. The van der Waals surface area contributed by atoms with Crippen molar-refractivity contribution >= 4 is 23.2 Å². The van der Waals surface area contributed by atoms with E-state index in [0.29, 0.717) is 0 Å². The lowest BCUT2D eigenvalue weighted by atomic mass is 10.0. The van der Waals surface area contributed by atoms with E-state index in [1.165, 1.54) is 35.7 Å². The van der Waals surface area contributed by atoms with Crippen molar-refractivity contribution in [3.63, 3.8) is 0 Å². The summed E-state index contributed by atoms with van der Waals surface area (Å²) in [6.45, 7) is 5.17. The van der Waals surface area contributed by atoms with Crippen LogP contribution in [0.25, 0.3) is 10.8 Å². The Morgan fingerprint density at radius 1 is 0.950 bits per heavy atom. The van der Waals surface area contributed by atoms with Crippen molar-refractivity contribution in [1.29, 1.82) is 0 Å². The van der Waals surface area contributed by atoms with Crippen LogP contribution in [0.15, 0.2) is 42.5 Å². The van der Waals surface area contributed by atoms with E-state index in [1.807, 2.05) is 0 Å². The summed E-state index contributed by atoms with van der Waals surface area (Å²) in [6.07, 6.45) is 2.40. The van der Waals surface area contributed by atoms with E-state index in [2.05, 4.69) is 47.4 Å². The van der Waals surface area contributed by atoms with Crippen molar-refractivity contribution in [1.82, 2.24) is 4.90 Å². The van der Waals surface area contributed by atoms with Crippen LogP contribution in [0, 0.1) is 0 Å². The second-order valence-corrected chi connectivity index (χ2v) is 5.20. The lowest BCUT2D eigenvalue weighted by Gasteiger charge is -2.26. The molecule has 0 saturated carbocycles. The number of ether oxygens (including phenoxy) is 1. The number of halogens is 1. The summed E-state index contributed by atoms with van der Waals surface area (Å²) in [7, 11) is 0. The van der Waals surface area contributed by atoms with Crippen LogP contribution < -0.4 is 0 Å². The molecular weight excluding hydrogens is 270 g/mol. The van der Waals surface area contributed by atoms with Gasteiger partial charge in [0.1, 0.15) is 0 Å². The SMILES string of the molecule is Cl.c1ccc2c(CCCN3CCOCC3)cccc2c1. The Hall–Kier alpha value is -1.09. The number of rotatable bonds is 4. The minimum atomic E-state index is 0. The molecule has 0 aliphatic carbocycles. The molecule has 0 aromatic heterocycles. The van der Waals surface area contributed by atoms with E-state index in [4.69, 9.17) is 4.74 Å². The maximum absolute atomic E-state index is 5.38. The standard InChI is InChI=1S/C17H21NO.ClH/c1-2-9-17-15(5-1)6-3-7-16(17)8-4-10-18-11-13-19-14-12-18;/h1-3,5-7,9H,4,8,10-14H2;1H. The molecule has 0 bridgehead atoms. The van der Waals surface area contributed by atoms with Gasteiger partial charge in [0.15, 0.2) is 0 Å². The first-order chi connectivity index (χ1) is 9.43. The summed E-state index contributed by atoms with van der Waals surface area (Å²) in [5.41, 5.74) is 1.48. The highest BCUT2D eigenvalue weighted by molar-refractivity contribution is 5.85.